The Balaban J connectivity index is 0.00000254. The van der Waals surface area contributed by atoms with E-state index in [1.54, 1.807) is 24.5 Å². The maximum atomic E-state index is 12.1. The Labute approximate surface area is 148 Å². The van der Waals surface area contributed by atoms with Gasteiger partial charge in [-0.15, -0.1) is 0 Å². The van der Waals surface area contributed by atoms with E-state index < -0.39 is 6.04 Å². The molecule has 0 bridgehead atoms. The average molecular weight is 336 g/mol. The minimum absolute atomic E-state index is 0.128. The molecule has 1 rings (SSSR count). The molecule has 138 valence electrons. The van der Waals surface area contributed by atoms with E-state index in [2.05, 4.69) is 44.9 Å². The summed E-state index contributed by atoms with van der Waals surface area (Å²) in [4.78, 5) is 16.0. The number of nitrogens with zero attached hydrogens (tertiary/aromatic N) is 1. The van der Waals surface area contributed by atoms with Gasteiger partial charge < -0.3 is 11.1 Å². The number of nitrogens with one attached hydrogen (secondary N) is 1. The molecule has 0 fully saturated rings. The zero-order valence-corrected chi connectivity index (χ0v) is 16.6. The molecule has 3 N–H and O–H groups in total. The van der Waals surface area contributed by atoms with Crippen molar-refractivity contribution in [3.8, 4) is 0 Å². The first-order chi connectivity index (χ1) is 11.2. The number of hydrogen-bond acceptors (Lipinski definition) is 3. The summed E-state index contributed by atoms with van der Waals surface area (Å²) in [5.74, 6) is -0.128. The molecule has 4 nitrogen and oxygen atoms in total. The molecule has 1 aromatic heterocycles. The Morgan fingerprint density at radius 3 is 2.21 bits per heavy atom. The second-order valence-electron chi connectivity index (χ2n) is 7.73. The van der Waals surface area contributed by atoms with Crippen LogP contribution in [0.1, 0.15) is 74.1 Å². The van der Waals surface area contributed by atoms with Crippen molar-refractivity contribution in [1.82, 2.24) is 4.98 Å². The van der Waals surface area contributed by atoms with Gasteiger partial charge in [0.15, 0.2) is 0 Å². The largest absolute Gasteiger partial charge is 0.325 e. The SMILES string of the molecule is CC.CCC(C)(C)CC(C)(C)CCC(N)C(=O)Nc1ccncc1. The smallest absolute Gasteiger partial charge is 0.241 e. The molecule has 0 radical (unpaired) electrons. The van der Waals surface area contributed by atoms with Crippen molar-refractivity contribution in [3.63, 3.8) is 0 Å². The van der Waals surface area contributed by atoms with Gasteiger partial charge in [-0.05, 0) is 42.2 Å². The van der Waals surface area contributed by atoms with Crippen molar-refractivity contribution in [3.05, 3.63) is 24.5 Å². The van der Waals surface area contributed by atoms with Crippen LogP contribution in [0.5, 0.6) is 0 Å². The lowest BCUT2D eigenvalue weighted by Gasteiger charge is -2.35. The molecular weight excluding hydrogens is 298 g/mol. The quantitative estimate of drug-likeness (QED) is 0.702. The number of nitrogens with two attached hydrogens (primary N) is 1. The number of rotatable bonds is 8. The monoisotopic (exact) mass is 335 g/mol. The molecule has 1 heterocycles. The molecule has 0 aliphatic carbocycles. The fraction of sp³-hybridized carbons (Fsp3) is 0.700. The molecule has 0 spiro atoms. The van der Waals surface area contributed by atoms with Crippen molar-refractivity contribution < 1.29 is 4.79 Å². The lowest BCUT2D eigenvalue weighted by molar-refractivity contribution is -0.117. The highest BCUT2D eigenvalue weighted by molar-refractivity contribution is 5.94. The topological polar surface area (TPSA) is 68.0 Å². The van der Waals surface area contributed by atoms with E-state index in [1.165, 1.54) is 0 Å². The maximum Gasteiger partial charge on any atom is 0.241 e. The molecule has 1 unspecified atom stereocenters. The lowest BCUT2D eigenvalue weighted by atomic mass is 9.71. The predicted molar refractivity (Wildman–Crippen MR) is 104 cm³/mol. The van der Waals surface area contributed by atoms with Gasteiger partial charge in [-0.3, -0.25) is 9.78 Å². The van der Waals surface area contributed by atoms with Crippen molar-refractivity contribution >= 4 is 11.6 Å². The van der Waals surface area contributed by atoms with Gasteiger partial charge in [0.2, 0.25) is 5.91 Å². The highest BCUT2D eigenvalue weighted by atomic mass is 16.2. The van der Waals surface area contributed by atoms with E-state index in [0.29, 0.717) is 11.8 Å². The zero-order valence-electron chi connectivity index (χ0n) is 16.6. The van der Waals surface area contributed by atoms with E-state index in [-0.39, 0.29) is 11.3 Å². The maximum absolute atomic E-state index is 12.1. The second-order valence-corrected chi connectivity index (χ2v) is 7.73. The Morgan fingerprint density at radius 2 is 1.71 bits per heavy atom. The molecule has 24 heavy (non-hydrogen) atoms. The van der Waals surface area contributed by atoms with Crippen LogP contribution in [-0.2, 0) is 4.79 Å². The van der Waals surface area contributed by atoms with Crippen LogP contribution in [-0.4, -0.2) is 16.9 Å². The molecular formula is C20H37N3O. The van der Waals surface area contributed by atoms with Crippen LogP contribution >= 0.6 is 0 Å². The minimum Gasteiger partial charge on any atom is -0.325 e. The third-order valence-electron chi connectivity index (χ3n) is 4.33. The van der Waals surface area contributed by atoms with Gasteiger partial charge in [-0.25, -0.2) is 0 Å². The number of hydrogen-bond donors (Lipinski definition) is 2. The second kappa shape index (κ2) is 10.4. The summed E-state index contributed by atoms with van der Waals surface area (Å²) < 4.78 is 0. The van der Waals surface area contributed by atoms with Crippen molar-refractivity contribution in [2.24, 2.45) is 16.6 Å². The third kappa shape index (κ3) is 9.02. The summed E-state index contributed by atoms with van der Waals surface area (Å²) in [7, 11) is 0. The highest BCUT2D eigenvalue weighted by Crippen LogP contribution is 2.39. The highest BCUT2D eigenvalue weighted by Gasteiger charge is 2.28. The fourth-order valence-corrected chi connectivity index (χ4v) is 2.86. The van der Waals surface area contributed by atoms with Gasteiger partial charge in [0.25, 0.3) is 0 Å². The number of anilines is 1. The van der Waals surface area contributed by atoms with Crippen LogP contribution in [0.3, 0.4) is 0 Å². The number of pyridine rings is 1. The molecule has 0 saturated heterocycles. The number of carbonyl (C=O) groups excluding carboxylic acids is 1. The van der Waals surface area contributed by atoms with Gasteiger partial charge in [-0.1, -0.05) is 54.9 Å². The summed E-state index contributed by atoms with van der Waals surface area (Å²) in [6.45, 7) is 15.3. The van der Waals surface area contributed by atoms with Crippen molar-refractivity contribution in [2.75, 3.05) is 5.32 Å². The van der Waals surface area contributed by atoms with Crippen LogP contribution in [0.15, 0.2) is 24.5 Å². The van der Waals surface area contributed by atoms with E-state index in [0.717, 1.165) is 24.9 Å². The fourth-order valence-electron chi connectivity index (χ4n) is 2.86. The van der Waals surface area contributed by atoms with Crippen molar-refractivity contribution in [2.45, 2.75) is 80.2 Å². The Morgan fingerprint density at radius 1 is 1.17 bits per heavy atom. The third-order valence-corrected chi connectivity index (χ3v) is 4.33. The van der Waals surface area contributed by atoms with E-state index in [1.807, 2.05) is 13.8 Å². The lowest BCUT2D eigenvalue weighted by Crippen LogP contribution is -2.37. The van der Waals surface area contributed by atoms with Crippen LogP contribution < -0.4 is 11.1 Å². The molecule has 0 aromatic carbocycles. The van der Waals surface area contributed by atoms with Crippen LogP contribution in [0.4, 0.5) is 5.69 Å². The van der Waals surface area contributed by atoms with Crippen molar-refractivity contribution in [1.29, 1.82) is 0 Å². The Kier molecular flexibility index (Phi) is 9.83. The van der Waals surface area contributed by atoms with E-state index >= 15 is 0 Å². The summed E-state index contributed by atoms with van der Waals surface area (Å²) in [5, 5.41) is 2.83. The van der Waals surface area contributed by atoms with Crippen LogP contribution in [0, 0.1) is 10.8 Å². The number of carbonyl (C=O) groups is 1. The minimum atomic E-state index is -0.475. The Bertz CT molecular complexity index is 469. The van der Waals surface area contributed by atoms with Gasteiger partial charge in [0.05, 0.1) is 6.04 Å². The average Bonchev–Trinajstić information content (AvgIpc) is 2.54. The van der Waals surface area contributed by atoms with E-state index in [9.17, 15) is 4.79 Å². The van der Waals surface area contributed by atoms with Crippen LogP contribution in [0.2, 0.25) is 0 Å². The number of amides is 1. The first-order valence-corrected chi connectivity index (χ1v) is 9.12. The summed E-state index contributed by atoms with van der Waals surface area (Å²) >= 11 is 0. The molecule has 0 saturated carbocycles. The van der Waals surface area contributed by atoms with Gasteiger partial charge in [0, 0.05) is 18.1 Å². The molecule has 1 amide bonds. The molecule has 4 heteroatoms. The zero-order chi connectivity index (χ0) is 18.8. The number of aromatic nitrogens is 1. The normalized spacial score (nSPS) is 12.8. The summed E-state index contributed by atoms with van der Waals surface area (Å²) in [5.41, 5.74) is 7.29. The molecule has 1 atom stereocenters. The van der Waals surface area contributed by atoms with Gasteiger partial charge >= 0.3 is 0 Å². The molecule has 0 aliphatic rings. The molecule has 0 aliphatic heterocycles. The van der Waals surface area contributed by atoms with Gasteiger partial charge in [-0.2, -0.15) is 0 Å². The standard InChI is InChI=1S/C18H31N3O.C2H6/c1-6-17(2,3)13-18(4,5)10-7-15(19)16(22)21-14-8-11-20-12-9-14;1-2/h8-9,11-12,15H,6-7,10,13,19H2,1-5H3,(H,20,21,22);1-2H3. The summed E-state index contributed by atoms with van der Waals surface area (Å²) in [6.07, 6.45) is 7.24. The Hall–Kier alpha value is -1.42. The molecule has 1 aromatic rings. The van der Waals surface area contributed by atoms with Gasteiger partial charge in [0.1, 0.15) is 0 Å². The first-order valence-electron chi connectivity index (χ1n) is 9.12. The summed E-state index contributed by atoms with van der Waals surface area (Å²) in [6, 6.07) is 3.05. The predicted octanol–water partition coefficient (Wildman–Crippen LogP) is 5.01. The van der Waals surface area contributed by atoms with E-state index in [4.69, 9.17) is 5.73 Å². The van der Waals surface area contributed by atoms with Crippen LogP contribution in [0.25, 0.3) is 0 Å². The first kappa shape index (κ1) is 22.6.